The van der Waals surface area contributed by atoms with Crippen molar-refractivity contribution in [2.24, 2.45) is 0 Å². The maximum absolute atomic E-state index is 12.0. The summed E-state index contributed by atoms with van der Waals surface area (Å²) in [4.78, 5) is 13.7. The molecule has 0 bridgehead atoms. The average Bonchev–Trinajstić information content (AvgIpc) is 2.46. The second kappa shape index (κ2) is 7.09. The zero-order valence-electron chi connectivity index (χ0n) is 10.8. The summed E-state index contributed by atoms with van der Waals surface area (Å²) in [5.74, 6) is -0.127. The van der Waals surface area contributed by atoms with E-state index in [1.54, 1.807) is 29.2 Å². The smallest absolute Gasteiger partial charge is 0.246 e. The molecule has 0 aliphatic carbocycles. The van der Waals surface area contributed by atoms with Crippen molar-refractivity contribution in [1.29, 1.82) is 0 Å². The van der Waals surface area contributed by atoms with E-state index in [1.807, 2.05) is 0 Å². The summed E-state index contributed by atoms with van der Waals surface area (Å²) in [6, 6.07) is 5.10. The van der Waals surface area contributed by atoms with Crippen LogP contribution in [0.2, 0.25) is 10.0 Å². The van der Waals surface area contributed by atoms with Crippen molar-refractivity contribution in [1.82, 2.24) is 4.90 Å². The lowest BCUT2D eigenvalue weighted by Crippen LogP contribution is -2.46. The van der Waals surface area contributed by atoms with E-state index < -0.39 is 0 Å². The first-order chi connectivity index (χ1) is 9.60. The number of benzene rings is 1. The number of aliphatic hydroxyl groups is 1. The number of nitrogens with zero attached hydrogens (tertiary/aromatic N) is 1. The highest BCUT2D eigenvalue weighted by molar-refractivity contribution is 6.35. The Hall–Kier alpha value is -1.07. The van der Waals surface area contributed by atoms with Crippen LogP contribution in [-0.4, -0.2) is 48.3 Å². The van der Waals surface area contributed by atoms with Crippen LogP contribution < -0.4 is 0 Å². The molecule has 1 N–H and O–H groups in total. The number of aliphatic hydroxyl groups excluding tert-OH is 1. The summed E-state index contributed by atoms with van der Waals surface area (Å²) < 4.78 is 5.30. The van der Waals surface area contributed by atoms with Gasteiger partial charge in [-0.15, -0.1) is 0 Å². The van der Waals surface area contributed by atoms with Crippen LogP contribution in [0.1, 0.15) is 5.56 Å². The highest BCUT2D eigenvalue weighted by Gasteiger charge is 2.22. The van der Waals surface area contributed by atoms with E-state index in [4.69, 9.17) is 33.0 Å². The summed E-state index contributed by atoms with van der Waals surface area (Å²) in [5, 5.41) is 10.1. The van der Waals surface area contributed by atoms with E-state index in [1.165, 1.54) is 6.08 Å². The van der Waals surface area contributed by atoms with Crippen molar-refractivity contribution >= 4 is 35.2 Å². The molecule has 0 spiro atoms. The minimum absolute atomic E-state index is 0.0868. The third-order valence-electron chi connectivity index (χ3n) is 3.02. The van der Waals surface area contributed by atoms with Gasteiger partial charge < -0.3 is 14.7 Å². The van der Waals surface area contributed by atoms with Gasteiger partial charge in [0, 0.05) is 29.2 Å². The lowest BCUT2D eigenvalue weighted by Gasteiger charge is -2.31. The standard InChI is InChI=1S/C14H15Cl2NO3/c15-11-3-1-10(13(16)7-11)2-4-14(19)17-5-6-20-12(8-17)9-18/h1-4,7,12,18H,5-6,8-9H2/b4-2+. The number of amides is 1. The van der Waals surface area contributed by atoms with E-state index in [2.05, 4.69) is 0 Å². The molecule has 1 saturated heterocycles. The van der Waals surface area contributed by atoms with Gasteiger partial charge in [-0.25, -0.2) is 0 Å². The fraction of sp³-hybridized carbons (Fsp3) is 0.357. The Labute approximate surface area is 127 Å². The van der Waals surface area contributed by atoms with Gasteiger partial charge in [0.15, 0.2) is 0 Å². The molecular weight excluding hydrogens is 301 g/mol. The summed E-state index contributed by atoms with van der Waals surface area (Å²) in [7, 11) is 0. The van der Waals surface area contributed by atoms with E-state index in [0.29, 0.717) is 29.7 Å². The number of halogens is 2. The van der Waals surface area contributed by atoms with Crippen molar-refractivity contribution in [2.45, 2.75) is 6.10 Å². The minimum Gasteiger partial charge on any atom is -0.394 e. The molecular formula is C14H15Cl2NO3. The Kier molecular flexibility index (Phi) is 5.43. The van der Waals surface area contributed by atoms with Crippen molar-refractivity contribution in [2.75, 3.05) is 26.3 Å². The fourth-order valence-corrected chi connectivity index (χ4v) is 2.40. The molecule has 1 heterocycles. The van der Waals surface area contributed by atoms with Crippen LogP contribution in [0.4, 0.5) is 0 Å². The van der Waals surface area contributed by atoms with Gasteiger partial charge in [-0.05, 0) is 23.8 Å². The molecule has 0 saturated carbocycles. The molecule has 0 aromatic heterocycles. The maximum atomic E-state index is 12.0. The van der Waals surface area contributed by atoms with Gasteiger partial charge in [-0.2, -0.15) is 0 Å². The molecule has 108 valence electrons. The summed E-state index contributed by atoms with van der Waals surface area (Å²) >= 11 is 11.8. The lowest BCUT2D eigenvalue weighted by molar-refractivity contribution is -0.134. The predicted molar refractivity (Wildman–Crippen MR) is 78.9 cm³/mol. The van der Waals surface area contributed by atoms with Crippen LogP contribution in [-0.2, 0) is 9.53 Å². The number of hydrogen-bond donors (Lipinski definition) is 1. The summed E-state index contributed by atoms with van der Waals surface area (Å²) in [6.07, 6.45) is 2.82. The first kappa shape index (κ1) is 15.3. The Balaban J connectivity index is 2.01. The van der Waals surface area contributed by atoms with Gasteiger partial charge in [0.25, 0.3) is 0 Å². The molecule has 6 heteroatoms. The topological polar surface area (TPSA) is 49.8 Å². The molecule has 0 radical (unpaired) electrons. The third-order valence-corrected chi connectivity index (χ3v) is 3.58. The summed E-state index contributed by atoms with van der Waals surface area (Å²) in [6.45, 7) is 1.27. The molecule has 1 aliphatic rings. The molecule has 1 atom stereocenters. The monoisotopic (exact) mass is 315 g/mol. The molecule has 1 aromatic carbocycles. The van der Waals surface area contributed by atoms with Gasteiger partial charge in [-0.1, -0.05) is 29.3 Å². The molecule has 1 amide bonds. The first-order valence-electron chi connectivity index (χ1n) is 6.24. The Morgan fingerprint density at radius 1 is 1.50 bits per heavy atom. The predicted octanol–water partition coefficient (Wildman–Crippen LogP) is 2.23. The molecule has 1 aliphatic heterocycles. The second-order valence-electron chi connectivity index (χ2n) is 4.46. The molecule has 1 fully saturated rings. The molecule has 20 heavy (non-hydrogen) atoms. The number of rotatable bonds is 3. The number of ether oxygens (including phenoxy) is 1. The highest BCUT2D eigenvalue weighted by Crippen LogP contribution is 2.22. The number of carbonyl (C=O) groups is 1. The number of carbonyl (C=O) groups excluding carboxylic acids is 1. The maximum Gasteiger partial charge on any atom is 0.246 e. The molecule has 1 aromatic rings. The Morgan fingerprint density at radius 3 is 3.00 bits per heavy atom. The van der Waals surface area contributed by atoms with Gasteiger partial charge in [0.05, 0.1) is 19.3 Å². The van der Waals surface area contributed by atoms with Gasteiger partial charge >= 0.3 is 0 Å². The van der Waals surface area contributed by atoms with E-state index in [-0.39, 0.29) is 18.6 Å². The van der Waals surface area contributed by atoms with Crippen molar-refractivity contribution in [3.63, 3.8) is 0 Å². The van der Waals surface area contributed by atoms with Crippen LogP contribution in [0.3, 0.4) is 0 Å². The largest absolute Gasteiger partial charge is 0.394 e. The zero-order chi connectivity index (χ0) is 14.5. The highest BCUT2D eigenvalue weighted by atomic mass is 35.5. The van der Waals surface area contributed by atoms with Crippen LogP contribution in [0.5, 0.6) is 0 Å². The number of morpholine rings is 1. The minimum atomic E-state index is -0.305. The van der Waals surface area contributed by atoms with Crippen molar-refractivity contribution in [3.8, 4) is 0 Å². The normalized spacial score (nSPS) is 19.6. The van der Waals surface area contributed by atoms with E-state index in [0.717, 1.165) is 5.56 Å². The lowest BCUT2D eigenvalue weighted by atomic mass is 10.2. The van der Waals surface area contributed by atoms with Crippen LogP contribution in [0.25, 0.3) is 6.08 Å². The van der Waals surface area contributed by atoms with Crippen LogP contribution in [0.15, 0.2) is 24.3 Å². The summed E-state index contributed by atoms with van der Waals surface area (Å²) in [5.41, 5.74) is 0.733. The zero-order valence-corrected chi connectivity index (χ0v) is 12.3. The molecule has 4 nitrogen and oxygen atoms in total. The van der Waals surface area contributed by atoms with Crippen molar-refractivity contribution < 1.29 is 14.6 Å². The van der Waals surface area contributed by atoms with E-state index >= 15 is 0 Å². The SMILES string of the molecule is O=C(/C=C/c1ccc(Cl)cc1Cl)N1CCOC(CO)C1. The van der Waals surface area contributed by atoms with Gasteiger partial charge in [0.1, 0.15) is 0 Å². The van der Waals surface area contributed by atoms with Gasteiger partial charge in [0.2, 0.25) is 5.91 Å². The Morgan fingerprint density at radius 2 is 2.30 bits per heavy atom. The molecule has 2 rings (SSSR count). The fourth-order valence-electron chi connectivity index (χ4n) is 1.93. The number of hydrogen-bond acceptors (Lipinski definition) is 3. The van der Waals surface area contributed by atoms with Crippen LogP contribution in [0, 0.1) is 0 Å². The van der Waals surface area contributed by atoms with Crippen molar-refractivity contribution in [3.05, 3.63) is 39.9 Å². The van der Waals surface area contributed by atoms with Crippen LogP contribution >= 0.6 is 23.2 Å². The van der Waals surface area contributed by atoms with E-state index in [9.17, 15) is 4.79 Å². The van der Waals surface area contributed by atoms with Gasteiger partial charge in [-0.3, -0.25) is 4.79 Å². The molecule has 1 unspecified atom stereocenters. The second-order valence-corrected chi connectivity index (χ2v) is 5.30. The quantitative estimate of drug-likeness (QED) is 0.870. The first-order valence-corrected chi connectivity index (χ1v) is 7.00. The third kappa shape index (κ3) is 3.96. The Bertz CT molecular complexity index is 519. The average molecular weight is 316 g/mol.